The van der Waals surface area contributed by atoms with E-state index in [1.165, 1.54) is 6.07 Å². The van der Waals surface area contributed by atoms with Crippen LogP contribution in [-0.2, 0) is 12.8 Å². The lowest BCUT2D eigenvalue weighted by molar-refractivity contribution is 0.620. The number of hydrogen-bond donors (Lipinski definition) is 0. The van der Waals surface area contributed by atoms with Crippen LogP contribution in [0.1, 0.15) is 29.2 Å². The van der Waals surface area contributed by atoms with Crippen molar-refractivity contribution in [1.29, 1.82) is 0 Å². The Labute approximate surface area is 143 Å². The van der Waals surface area contributed by atoms with E-state index in [-0.39, 0.29) is 5.82 Å². The average Bonchev–Trinajstić information content (AvgIpc) is 2.47. The number of fused-ring (bicyclic) bond motifs is 1. The van der Waals surface area contributed by atoms with Crippen LogP contribution in [-0.4, -0.2) is 0 Å². The summed E-state index contributed by atoms with van der Waals surface area (Å²) >= 11 is 9.69. The highest BCUT2D eigenvalue weighted by Crippen LogP contribution is 2.39. The molecule has 22 heavy (non-hydrogen) atoms. The molecule has 0 N–H and O–H groups in total. The summed E-state index contributed by atoms with van der Waals surface area (Å²) in [4.78, 5) is 0. The van der Waals surface area contributed by atoms with Crippen LogP contribution in [0.5, 0.6) is 0 Å². The van der Waals surface area contributed by atoms with Gasteiger partial charge in [-0.2, -0.15) is 0 Å². The molecule has 3 heteroatoms. The molecular weight excluding hydrogens is 363 g/mol. The number of hydrogen-bond acceptors (Lipinski definition) is 0. The van der Waals surface area contributed by atoms with Crippen LogP contribution in [0.25, 0.3) is 11.1 Å². The van der Waals surface area contributed by atoms with Crippen molar-refractivity contribution in [2.45, 2.75) is 19.8 Å². The zero-order valence-electron chi connectivity index (χ0n) is 12.2. The van der Waals surface area contributed by atoms with Crippen molar-refractivity contribution < 1.29 is 4.39 Å². The Kier molecular flexibility index (Phi) is 4.24. The molecular formula is C19H15BrClF. The summed E-state index contributed by atoms with van der Waals surface area (Å²) in [5, 5.41) is 0.708. The Balaban J connectivity index is 2.16. The van der Waals surface area contributed by atoms with Crippen molar-refractivity contribution in [3.8, 4) is 0 Å². The second-order valence-electron chi connectivity index (χ2n) is 5.41. The highest BCUT2D eigenvalue weighted by atomic mass is 79.9. The molecule has 112 valence electrons. The topological polar surface area (TPSA) is 0 Å². The molecule has 0 atom stereocenters. The van der Waals surface area contributed by atoms with E-state index < -0.39 is 0 Å². The van der Waals surface area contributed by atoms with E-state index in [1.807, 2.05) is 37.3 Å². The van der Waals surface area contributed by atoms with Crippen molar-refractivity contribution in [2.75, 3.05) is 0 Å². The van der Waals surface area contributed by atoms with Gasteiger partial charge in [0.1, 0.15) is 5.82 Å². The minimum Gasteiger partial charge on any atom is -0.206 e. The Morgan fingerprint density at radius 2 is 2.09 bits per heavy atom. The van der Waals surface area contributed by atoms with Gasteiger partial charge in [0.25, 0.3) is 0 Å². The van der Waals surface area contributed by atoms with E-state index in [4.69, 9.17) is 11.6 Å². The fraction of sp³-hybridized carbons (Fsp3) is 0.158. The van der Waals surface area contributed by atoms with Gasteiger partial charge in [-0.15, -0.1) is 0 Å². The van der Waals surface area contributed by atoms with Crippen LogP contribution in [0.3, 0.4) is 0 Å². The predicted molar refractivity (Wildman–Crippen MR) is 95.6 cm³/mol. The molecule has 0 heterocycles. The third kappa shape index (κ3) is 2.66. The van der Waals surface area contributed by atoms with E-state index in [1.54, 1.807) is 0 Å². The summed E-state index contributed by atoms with van der Waals surface area (Å²) in [6.45, 7) is 6.14. The molecule has 0 aromatic heterocycles. The molecule has 2 aromatic carbocycles. The summed E-state index contributed by atoms with van der Waals surface area (Å²) in [7, 11) is 0. The molecule has 0 amide bonds. The molecule has 3 rings (SSSR count). The number of rotatable bonds is 2. The highest BCUT2D eigenvalue weighted by Gasteiger charge is 2.21. The first-order valence-corrected chi connectivity index (χ1v) is 8.34. The number of benzene rings is 2. The first-order valence-electron chi connectivity index (χ1n) is 7.16. The Morgan fingerprint density at radius 1 is 1.32 bits per heavy atom. The Hall–Kier alpha value is -1.38. The first kappa shape index (κ1) is 15.5. The molecule has 0 spiro atoms. The standard InChI is InChI=1S/C19H15BrClF/c1-3-12-8-14(20)10-18(22)19(12)13-7-11(2)15-5-4-6-17(21)16(15)9-13/h4-8,10H,2-3,9H2,1H3. The molecule has 0 unspecified atom stereocenters. The molecule has 0 saturated carbocycles. The maximum Gasteiger partial charge on any atom is 0.132 e. The minimum atomic E-state index is -0.208. The van der Waals surface area contributed by atoms with Crippen LogP contribution < -0.4 is 0 Å². The van der Waals surface area contributed by atoms with Gasteiger partial charge >= 0.3 is 0 Å². The summed E-state index contributed by atoms with van der Waals surface area (Å²) in [5.41, 5.74) is 5.55. The van der Waals surface area contributed by atoms with Crippen LogP contribution in [0.2, 0.25) is 5.02 Å². The van der Waals surface area contributed by atoms with Crippen molar-refractivity contribution in [2.24, 2.45) is 0 Å². The van der Waals surface area contributed by atoms with Crippen LogP contribution in [0.4, 0.5) is 4.39 Å². The predicted octanol–water partition coefficient (Wildman–Crippen LogP) is 6.46. The van der Waals surface area contributed by atoms with Gasteiger partial charge in [-0.1, -0.05) is 59.2 Å². The van der Waals surface area contributed by atoms with Gasteiger partial charge in [0.15, 0.2) is 0 Å². The lowest BCUT2D eigenvalue weighted by atomic mass is 9.84. The molecule has 0 bridgehead atoms. The number of allylic oxidation sites excluding steroid dienone is 3. The fourth-order valence-electron chi connectivity index (χ4n) is 2.99. The summed E-state index contributed by atoms with van der Waals surface area (Å²) in [5.74, 6) is -0.208. The van der Waals surface area contributed by atoms with E-state index in [9.17, 15) is 4.39 Å². The normalized spacial score (nSPS) is 13.8. The van der Waals surface area contributed by atoms with E-state index in [2.05, 4.69) is 22.5 Å². The molecule has 0 fully saturated rings. The molecule has 0 nitrogen and oxygen atoms in total. The smallest absolute Gasteiger partial charge is 0.132 e. The minimum absolute atomic E-state index is 0.208. The molecule has 0 saturated heterocycles. The molecule has 2 aromatic rings. The Morgan fingerprint density at radius 3 is 2.82 bits per heavy atom. The monoisotopic (exact) mass is 376 g/mol. The van der Waals surface area contributed by atoms with Crippen molar-refractivity contribution >= 4 is 38.7 Å². The van der Waals surface area contributed by atoms with Crippen LogP contribution in [0, 0.1) is 5.82 Å². The van der Waals surface area contributed by atoms with Crippen molar-refractivity contribution in [3.63, 3.8) is 0 Å². The SMILES string of the molecule is C=C1C=C(c2c(F)cc(Br)cc2CC)Cc2c(Cl)cccc21. The van der Waals surface area contributed by atoms with Crippen LogP contribution in [0.15, 0.2) is 47.5 Å². The van der Waals surface area contributed by atoms with E-state index in [0.717, 1.165) is 38.7 Å². The van der Waals surface area contributed by atoms with E-state index in [0.29, 0.717) is 17.0 Å². The molecule has 0 radical (unpaired) electrons. The van der Waals surface area contributed by atoms with Gasteiger partial charge < -0.3 is 0 Å². The molecule has 0 aliphatic heterocycles. The maximum absolute atomic E-state index is 14.6. The lowest BCUT2D eigenvalue weighted by Gasteiger charge is -2.22. The second-order valence-corrected chi connectivity index (χ2v) is 6.74. The highest BCUT2D eigenvalue weighted by molar-refractivity contribution is 9.10. The van der Waals surface area contributed by atoms with Gasteiger partial charge in [-0.05, 0) is 52.5 Å². The van der Waals surface area contributed by atoms with Gasteiger partial charge in [-0.25, -0.2) is 4.39 Å². The van der Waals surface area contributed by atoms with Crippen molar-refractivity contribution in [3.05, 3.63) is 80.6 Å². The largest absolute Gasteiger partial charge is 0.206 e. The zero-order valence-corrected chi connectivity index (χ0v) is 14.6. The van der Waals surface area contributed by atoms with Crippen LogP contribution >= 0.6 is 27.5 Å². The molecule has 1 aliphatic carbocycles. The third-order valence-electron chi connectivity index (χ3n) is 4.02. The molecule has 1 aliphatic rings. The second kappa shape index (κ2) is 6.02. The zero-order chi connectivity index (χ0) is 15.9. The average molecular weight is 378 g/mol. The summed E-state index contributed by atoms with van der Waals surface area (Å²) in [6, 6.07) is 9.29. The quantitative estimate of drug-likeness (QED) is 0.563. The van der Waals surface area contributed by atoms with E-state index >= 15 is 0 Å². The third-order valence-corrected chi connectivity index (χ3v) is 4.83. The Bertz CT molecular complexity index is 805. The summed E-state index contributed by atoms with van der Waals surface area (Å²) < 4.78 is 15.3. The number of halogens is 3. The lowest BCUT2D eigenvalue weighted by Crippen LogP contribution is -2.06. The summed E-state index contributed by atoms with van der Waals surface area (Å²) in [6.07, 6.45) is 3.37. The fourth-order valence-corrected chi connectivity index (χ4v) is 3.71. The number of aryl methyl sites for hydroxylation is 1. The van der Waals surface area contributed by atoms with Crippen molar-refractivity contribution in [1.82, 2.24) is 0 Å². The van der Waals surface area contributed by atoms with Gasteiger partial charge in [0.05, 0.1) is 0 Å². The van der Waals surface area contributed by atoms with Gasteiger partial charge in [0, 0.05) is 21.5 Å². The first-order chi connectivity index (χ1) is 10.5. The maximum atomic E-state index is 14.6. The van der Waals surface area contributed by atoms with Gasteiger partial charge in [-0.3, -0.25) is 0 Å². The van der Waals surface area contributed by atoms with Gasteiger partial charge in [0.2, 0.25) is 0 Å².